The Morgan fingerprint density at radius 3 is 2.72 bits per heavy atom. The first-order valence-corrected chi connectivity index (χ1v) is 6.55. The van der Waals surface area contributed by atoms with Gasteiger partial charge in [-0.05, 0) is 32.0 Å². The number of ether oxygens (including phenoxy) is 2. The molecule has 0 saturated carbocycles. The summed E-state index contributed by atoms with van der Waals surface area (Å²) in [5.74, 6) is 1.65. The van der Waals surface area contributed by atoms with E-state index in [0.29, 0.717) is 13.2 Å². The molecule has 0 atom stereocenters. The molecule has 1 saturated heterocycles. The largest absolute Gasteiger partial charge is 0.497 e. The lowest BCUT2D eigenvalue weighted by atomic mass is 10.2. The highest BCUT2D eigenvalue weighted by molar-refractivity contribution is 5.40. The Kier molecular flexibility index (Phi) is 4.84. The lowest BCUT2D eigenvalue weighted by molar-refractivity contribution is 0.235. The fraction of sp³-hybridized carbons (Fsp3) is 0.571. The Balaban J connectivity index is 1.89. The second kappa shape index (κ2) is 6.61. The van der Waals surface area contributed by atoms with E-state index in [1.165, 1.54) is 25.9 Å². The van der Waals surface area contributed by atoms with Gasteiger partial charge in [0.1, 0.15) is 18.1 Å². The van der Waals surface area contributed by atoms with Crippen LogP contribution in [0.25, 0.3) is 0 Å². The van der Waals surface area contributed by atoms with Gasteiger partial charge in [-0.2, -0.15) is 0 Å². The van der Waals surface area contributed by atoms with Crippen LogP contribution >= 0.6 is 0 Å². The van der Waals surface area contributed by atoms with Crippen molar-refractivity contribution >= 4 is 0 Å². The zero-order valence-electron chi connectivity index (χ0n) is 11.0. The fourth-order valence-corrected chi connectivity index (χ4v) is 2.26. The first-order chi connectivity index (χ1) is 8.83. The van der Waals surface area contributed by atoms with Gasteiger partial charge in [0.05, 0.1) is 7.11 Å². The molecule has 100 valence electrons. The van der Waals surface area contributed by atoms with Crippen LogP contribution in [0, 0.1) is 0 Å². The molecule has 4 nitrogen and oxygen atoms in total. The van der Waals surface area contributed by atoms with Crippen LogP contribution in [0.2, 0.25) is 0 Å². The van der Waals surface area contributed by atoms with Crippen LogP contribution in [0.15, 0.2) is 18.2 Å². The normalized spacial score (nSPS) is 15.9. The summed E-state index contributed by atoms with van der Waals surface area (Å²) in [4.78, 5) is 2.43. The molecule has 1 aromatic rings. The summed E-state index contributed by atoms with van der Waals surface area (Å²) >= 11 is 0. The highest BCUT2D eigenvalue weighted by Crippen LogP contribution is 2.24. The second-order valence-electron chi connectivity index (χ2n) is 4.57. The molecule has 1 heterocycles. The van der Waals surface area contributed by atoms with Gasteiger partial charge in [-0.1, -0.05) is 6.07 Å². The third-order valence-corrected chi connectivity index (χ3v) is 3.36. The van der Waals surface area contributed by atoms with Gasteiger partial charge in [0.2, 0.25) is 0 Å². The molecule has 0 aliphatic carbocycles. The van der Waals surface area contributed by atoms with Crippen LogP contribution in [0.3, 0.4) is 0 Å². The van der Waals surface area contributed by atoms with E-state index in [0.717, 1.165) is 23.6 Å². The van der Waals surface area contributed by atoms with Gasteiger partial charge in [-0.25, -0.2) is 0 Å². The molecule has 0 unspecified atom stereocenters. The number of hydrogen-bond donors (Lipinski definition) is 1. The number of likely N-dealkylation sites (tertiary alicyclic amines) is 1. The molecule has 1 fully saturated rings. The summed E-state index contributed by atoms with van der Waals surface area (Å²) in [6, 6.07) is 5.78. The first-order valence-electron chi connectivity index (χ1n) is 6.55. The Labute approximate surface area is 109 Å². The van der Waals surface area contributed by atoms with Crippen LogP contribution in [-0.2, 0) is 6.54 Å². The first kappa shape index (κ1) is 13.2. The second-order valence-corrected chi connectivity index (χ2v) is 4.57. The zero-order valence-corrected chi connectivity index (χ0v) is 11.0. The van der Waals surface area contributed by atoms with Crippen molar-refractivity contribution < 1.29 is 9.47 Å². The number of benzene rings is 1. The summed E-state index contributed by atoms with van der Waals surface area (Å²) in [7, 11) is 1.66. The van der Waals surface area contributed by atoms with Gasteiger partial charge in [-0.15, -0.1) is 0 Å². The maximum absolute atomic E-state index is 5.83. The van der Waals surface area contributed by atoms with Gasteiger partial charge >= 0.3 is 0 Å². The zero-order chi connectivity index (χ0) is 12.8. The lowest BCUT2D eigenvalue weighted by Gasteiger charge is -2.16. The molecule has 1 aliphatic rings. The van der Waals surface area contributed by atoms with Crippen molar-refractivity contribution in [3.63, 3.8) is 0 Å². The average Bonchev–Trinajstić information content (AvgIpc) is 2.92. The molecule has 0 aromatic heterocycles. The van der Waals surface area contributed by atoms with Crippen molar-refractivity contribution in [2.24, 2.45) is 5.73 Å². The minimum Gasteiger partial charge on any atom is -0.497 e. The summed E-state index contributed by atoms with van der Waals surface area (Å²) in [6.07, 6.45) is 2.63. The molecule has 2 rings (SSSR count). The number of rotatable bonds is 6. The van der Waals surface area contributed by atoms with Crippen LogP contribution in [-0.4, -0.2) is 38.3 Å². The van der Waals surface area contributed by atoms with E-state index in [1.54, 1.807) is 7.11 Å². The molecule has 0 amide bonds. The highest BCUT2D eigenvalue weighted by Gasteiger charge is 2.11. The Morgan fingerprint density at radius 2 is 2.06 bits per heavy atom. The number of nitrogens with two attached hydrogens (primary N) is 1. The summed E-state index contributed by atoms with van der Waals surface area (Å²) in [6.45, 7) is 4.58. The minimum atomic E-state index is 0.489. The molecular formula is C14H22N2O2. The summed E-state index contributed by atoms with van der Waals surface area (Å²) < 4.78 is 11.0. The standard InChI is InChI=1S/C14H22N2O2/c1-17-13-5-4-12(11-15)14(10-13)18-9-8-16-6-2-3-7-16/h4-5,10H,2-3,6-9,11,15H2,1H3. The van der Waals surface area contributed by atoms with Crippen LogP contribution < -0.4 is 15.2 Å². The molecule has 18 heavy (non-hydrogen) atoms. The maximum Gasteiger partial charge on any atom is 0.127 e. The molecule has 0 spiro atoms. The lowest BCUT2D eigenvalue weighted by Crippen LogP contribution is -2.25. The topological polar surface area (TPSA) is 47.7 Å². The molecular weight excluding hydrogens is 228 g/mol. The molecule has 4 heteroatoms. The fourth-order valence-electron chi connectivity index (χ4n) is 2.26. The molecule has 0 radical (unpaired) electrons. The number of hydrogen-bond acceptors (Lipinski definition) is 4. The summed E-state index contributed by atoms with van der Waals surface area (Å²) in [5.41, 5.74) is 6.73. The Morgan fingerprint density at radius 1 is 1.28 bits per heavy atom. The quantitative estimate of drug-likeness (QED) is 0.833. The van der Waals surface area contributed by atoms with Gasteiger partial charge in [0.25, 0.3) is 0 Å². The van der Waals surface area contributed by atoms with E-state index < -0.39 is 0 Å². The molecule has 1 aliphatic heterocycles. The van der Waals surface area contributed by atoms with Crippen molar-refractivity contribution in [1.29, 1.82) is 0 Å². The molecule has 2 N–H and O–H groups in total. The molecule has 1 aromatic carbocycles. The van der Waals surface area contributed by atoms with E-state index in [2.05, 4.69) is 4.90 Å². The van der Waals surface area contributed by atoms with E-state index in [1.807, 2.05) is 18.2 Å². The van der Waals surface area contributed by atoms with Crippen molar-refractivity contribution in [1.82, 2.24) is 4.90 Å². The van der Waals surface area contributed by atoms with E-state index in [-0.39, 0.29) is 0 Å². The van der Waals surface area contributed by atoms with Gasteiger partial charge in [0.15, 0.2) is 0 Å². The monoisotopic (exact) mass is 250 g/mol. The van der Waals surface area contributed by atoms with Gasteiger partial charge in [0, 0.05) is 24.7 Å². The van der Waals surface area contributed by atoms with Crippen LogP contribution in [0.1, 0.15) is 18.4 Å². The van der Waals surface area contributed by atoms with Crippen molar-refractivity contribution in [2.75, 3.05) is 33.4 Å². The van der Waals surface area contributed by atoms with Gasteiger partial charge < -0.3 is 15.2 Å². The minimum absolute atomic E-state index is 0.489. The smallest absolute Gasteiger partial charge is 0.127 e. The van der Waals surface area contributed by atoms with Crippen molar-refractivity contribution in [3.8, 4) is 11.5 Å². The maximum atomic E-state index is 5.83. The van der Waals surface area contributed by atoms with Crippen molar-refractivity contribution in [2.45, 2.75) is 19.4 Å². The predicted molar refractivity (Wildman–Crippen MR) is 72.1 cm³/mol. The van der Waals surface area contributed by atoms with E-state index >= 15 is 0 Å². The third-order valence-electron chi connectivity index (χ3n) is 3.36. The van der Waals surface area contributed by atoms with E-state index in [9.17, 15) is 0 Å². The van der Waals surface area contributed by atoms with E-state index in [4.69, 9.17) is 15.2 Å². The van der Waals surface area contributed by atoms with Crippen molar-refractivity contribution in [3.05, 3.63) is 23.8 Å². The SMILES string of the molecule is COc1ccc(CN)c(OCCN2CCCC2)c1. The third kappa shape index (κ3) is 3.37. The van der Waals surface area contributed by atoms with Crippen LogP contribution in [0.5, 0.6) is 11.5 Å². The number of nitrogens with zero attached hydrogens (tertiary/aromatic N) is 1. The predicted octanol–water partition coefficient (Wildman–Crippen LogP) is 1.63. The van der Waals surface area contributed by atoms with Gasteiger partial charge in [-0.3, -0.25) is 4.90 Å². The number of methoxy groups -OCH3 is 1. The Hall–Kier alpha value is -1.26. The Bertz CT molecular complexity index is 376. The summed E-state index contributed by atoms with van der Waals surface area (Å²) in [5, 5.41) is 0. The average molecular weight is 250 g/mol. The highest BCUT2D eigenvalue weighted by atomic mass is 16.5. The molecule has 0 bridgehead atoms. The van der Waals surface area contributed by atoms with Crippen LogP contribution in [0.4, 0.5) is 0 Å².